The number of rotatable bonds is 7. The van der Waals surface area contributed by atoms with Crippen LogP contribution in [-0.2, 0) is 0 Å². The molecule has 0 aliphatic rings. The van der Waals surface area contributed by atoms with E-state index in [1.807, 2.05) is 13.8 Å². The Morgan fingerprint density at radius 3 is 2.47 bits per heavy atom. The maximum Gasteiger partial charge on any atom is 0.315 e. The van der Waals surface area contributed by atoms with Gasteiger partial charge in [-0.2, -0.15) is 0 Å². The number of aliphatic hydroxyl groups excluding tert-OH is 1. The first-order valence-corrected chi connectivity index (χ1v) is 6.33. The molecule has 6 heteroatoms. The molecule has 6 nitrogen and oxygen atoms in total. The lowest BCUT2D eigenvalue weighted by atomic mass is 10.0. The number of aliphatic hydroxyl groups is 1. The van der Waals surface area contributed by atoms with Crippen LogP contribution in [0.4, 0.5) is 17.1 Å². The van der Waals surface area contributed by atoms with Crippen molar-refractivity contribution >= 4 is 17.1 Å². The summed E-state index contributed by atoms with van der Waals surface area (Å²) < 4.78 is 0. The molecule has 0 heterocycles. The van der Waals surface area contributed by atoms with Crippen LogP contribution in [0.2, 0.25) is 0 Å². The van der Waals surface area contributed by atoms with Gasteiger partial charge in [0.1, 0.15) is 11.4 Å². The van der Waals surface area contributed by atoms with E-state index in [1.165, 1.54) is 0 Å². The minimum Gasteiger partial charge on any atom is -0.396 e. The highest BCUT2D eigenvalue weighted by Gasteiger charge is 2.22. The van der Waals surface area contributed by atoms with Gasteiger partial charge >= 0.3 is 5.69 Å². The van der Waals surface area contributed by atoms with E-state index in [-0.39, 0.29) is 24.3 Å². The highest BCUT2D eigenvalue weighted by Crippen LogP contribution is 2.33. The average molecular weight is 267 g/mol. The zero-order valence-electron chi connectivity index (χ0n) is 11.5. The summed E-state index contributed by atoms with van der Waals surface area (Å²) in [6.45, 7) is 4.08. The van der Waals surface area contributed by atoms with E-state index in [9.17, 15) is 10.1 Å². The number of nitrogens with zero attached hydrogens (tertiary/aromatic N) is 1. The molecular formula is C13H21N3O3. The third kappa shape index (κ3) is 3.82. The van der Waals surface area contributed by atoms with Gasteiger partial charge in [0.05, 0.1) is 4.92 Å². The lowest BCUT2D eigenvalue weighted by Crippen LogP contribution is -2.27. The van der Waals surface area contributed by atoms with E-state index in [0.29, 0.717) is 17.8 Å². The Balaban J connectivity index is 3.08. The molecule has 106 valence electrons. The van der Waals surface area contributed by atoms with Crippen molar-refractivity contribution in [1.29, 1.82) is 0 Å². The molecule has 0 saturated carbocycles. The molecule has 0 amide bonds. The average Bonchev–Trinajstić information content (AvgIpc) is 2.37. The van der Waals surface area contributed by atoms with Gasteiger partial charge in [0, 0.05) is 19.7 Å². The molecule has 19 heavy (non-hydrogen) atoms. The van der Waals surface area contributed by atoms with Gasteiger partial charge in [-0.25, -0.2) is 0 Å². The molecule has 1 unspecified atom stereocenters. The van der Waals surface area contributed by atoms with E-state index >= 15 is 0 Å². The number of para-hydroxylation sites is 1. The van der Waals surface area contributed by atoms with Crippen LogP contribution in [-0.4, -0.2) is 29.7 Å². The van der Waals surface area contributed by atoms with Crippen molar-refractivity contribution in [2.24, 2.45) is 5.92 Å². The van der Waals surface area contributed by atoms with Crippen LogP contribution in [0, 0.1) is 16.0 Å². The number of nitro benzene ring substituents is 1. The highest BCUT2D eigenvalue weighted by atomic mass is 16.6. The third-order valence-corrected chi connectivity index (χ3v) is 3.07. The summed E-state index contributed by atoms with van der Waals surface area (Å²) in [4.78, 5) is 10.8. The highest BCUT2D eigenvalue weighted by molar-refractivity contribution is 5.76. The van der Waals surface area contributed by atoms with Gasteiger partial charge in [-0.3, -0.25) is 10.1 Å². The molecule has 0 aromatic heterocycles. The lowest BCUT2D eigenvalue weighted by molar-refractivity contribution is -0.383. The second-order valence-electron chi connectivity index (χ2n) is 4.72. The maximum absolute atomic E-state index is 11.2. The van der Waals surface area contributed by atoms with E-state index < -0.39 is 4.92 Å². The fraction of sp³-hybridized carbons (Fsp3) is 0.538. The van der Waals surface area contributed by atoms with Crippen LogP contribution in [0.15, 0.2) is 18.2 Å². The van der Waals surface area contributed by atoms with Gasteiger partial charge in [-0.15, -0.1) is 0 Å². The SMILES string of the molecule is CNc1cccc(NC(CCO)C(C)C)c1[N+](=O)[O-]. The fourth-order valence-corrected chi connectivity index (χ4v) is 1.97. The van der Waals surface area contributed by atoms with Crippen LogP contribution in [0.1, 0.15) is 20.3 Å². The third-order valence-electron chi connectivity index (χ3n) is 3.07. The second-order valence-corrected chi connectivity index (χ2v) is 4.72. The maximum atomic E-state index is 11.2. The molecule has 0 saturated heterocycles. The van der Waals surface area contributed by atoms with E-state index in [0.717, 1.165) is 0 Å². The van der Waals surface area contributed by atoms with Crippen LogP contribution in [0.25, 0.3) is 0 Å². The standard InChI is InChI=1S/C13H21N3O3/c1-9(2)10(7-8-17)15-12-6-4-5-11(14-3)13(12)16(18)19/h4-6,9-10,14-15,17H,7-8H2,1-3H3. The van der Waals surface area contributed by atoms with Gasteiger partial charge < -0.3 is 15.7 Å². The summed E-state index contributed by atoms with van der Waals surface area (Å²) in [6, 6.07) is 5.11. The predicted molar refractivity (Wildman–Crippen MR) is 76.6 cm³/mol. The summed E-state index contributed by atoms with van der Waals surface area (Å²) in [6.07, 6.45) is 0.554. The van der Waals surface area contributed by atoms with E-state index in [4.69, 9.17) is 5.11 Å². The first-order chi connectivity index (χ1) is 9.01. The molecular weight excluding hydrogens is 246 g/mol. The van der Waals surface area contributed by atoms with Gasteiger partial charge in [0.25, 0.3) is 0 Å². The molecule has 1 aromatic rings. The zero-order chi connectivity index (χ0) is 14.4. The van der Waals surface area contributed by atoms with Crippen molar-refractivity contribution in [3.8, 4) is 0 Å². The first-order valence-electron chi connectivity index (χ1n) is 6.33. The predicted octanol–water partition coefficient (Wildman–Crippen LogP) is 2.46. The van der Waals surface area contributed by atoms with Crippen molar-refractivity contribution in [2.45, 2.75) is 26.3 Å². The van der Waals surface area contributed by atoms with Crippen molar-refractivity contribution in [3.05, 3.63) is 28.3 Å². The Morgan fingerprint density at radius 1 is 1.37 bits per heavy atom. The Labute approximate surface area is 113 Å². The van der Waals surface area contributed by atoms with Crippen molar-refractivity contribution in [2.75, 3.05) is 24.3 Å². The summed E-state index contributed by atoms with van der Waals surface area (Å²) in [5.74, 6) is 0.269. The minimum atomic E-state index is -0.398. The molecule has 0 fully saturated rings. The van der Waals surface area contributed by atoms with Gasteiger partial charge in [-0.1, -0.05) is 19.9 Å². The van der Waals surface area contributed by atoms with Crippen LogP contribution in [0.5, 0.6) is 0 Å². The Morgan fingerprint density at radius 2 is 2.00 bits per heavy atom. The fourth-order valence-electron chi connectivity index (χ4n) is 1.97. The normalized spacial score (nSPS) is 12.3. The van der Waals surface area contributed by atoms with E-state index in [2.05, 4.69) is 10.6 Å². The molecule has 3 N–H and O–H groups in total. The first kappa shape index (κ1) is 15.2. The minimum absolute atomic E-state index is 0.00388. The smallest absolute Gasteiger partial charge is 0.315 e. The summed E-state index contributed by atoms with van der Waals surface area (Å²) in [7, 11) is 1.65. The molecule has 1 rings (SSSR count). The zero-order valence-corrected chi connectivity index (χ0v) is 11.5. The Hall–Kier alpha value is -1.82. The number of hydrogen-bond donors (Lipinski definition) is 3. The molecule has 0 aliphatic carbocycles. The number of nitrogens with one attached hydrogen (secondary N) is 2. The number of hydrogen-bond acceptors (Lipinski definition) is 5. The van der Waals surface area contributed by atoms with Gasteiger partial charge in [-0.05, 0) is 24.5 Å². The number of nitro groups is 1. The number of benzene rings is 1. The quantitative estimate of drug-likeness (QED) is 0.521. The van der Waals surface area contributed by atoms with Crippen molar-refractivity contribution in [3.63, 3.8) is 0 Å². The largest absolute Gasteiger partial charge is 0.396 e. The monoisotopic (exact) mass is 267 g/mol. The molecule has 0 bridgehead atoms. The van der Waals surface area contributed by atoms with Gasteiger partial charge in [0.2, 0.25) is 0 Å². The molecule has 0 spiro atoms. The summed E-state index contributed by atoms with van der Waals surface area (Å²) in [5.41, 5.74) is 0.985. The lowest BCUT2D eigenvalue weighted by Gasteiger charge is -2.23. The number of anilines is 2. The topological polar surface area (TPSA) is 87.4 Å². The van der Waals surface area contributed by atoms with Crippen molar-refractivity contribution < 1.29 is 10.0 Å². The van der Waals surface area contributed by atoms with Crippen LogP contribution in [0.3, 0.4) is 0 Å². The van der Waals surface area contributed by atoms with Crippen LogP contribution < -0.4 is 10.6 Å². The molecule has 1 aromatic carbocycles. The Bertz CT molecular complexity index is 435. The molecule has 0 radical (unpaired) electrons. The molecule has 0 aliphatic heterocycles. The molecule has 1 atom stereocenters. The summed E-state index contributed by atoms with van der Waals surface area (Å²) >= 11 is 0. The summed E-state index contributed by atoms with van der Waals surface area (Å²) in [5, 5.41) is 26.2. The second kappa shape index (κ2) is 6.94. The van der Waals surface area contributed by atoms with Crippen LogP contribution >= 0.6 is 0 Å². The van der Waals surface area contributed by atoms with Gasteiger partial charge in [0.15, 0.2) is 0 Å². The van der Waals surface area contributed by atoms with E-state index in [1.54, 1.807) is 25.2 Å². The Kier molecular flexibility index (Phi) is 5.57. The van der Waals surface area contributed by atoms with Crippen molar-refractivity contribution in [1.82, 2.24) is 0 Å².